The number of carbonyl (C=O) groups is 1. The number of carbonyl (C=O) groups excluding carboxylic acids is 1. The lowest BCUT2D eigenvalue weighted by molar-refractivity contribution is 0.262. The molecule has 1 aliphatic rings. The topological polar surface area (TPSA) is 91.8 Å². The molecule has 0 saturated carbocycles. The Morgan fingerprint density at radius 3 is 2.88 bits per heavy atom. The number of benzene rings is 1. The highest BCUT2D eigenvalue weighted by Crippen LogP contribution is 2.28. The van der Waals surface area contributed by atoms with Gasteiger partial charge in [-0.1, -0.05) is 6.07 Å². The quantitative estimate of drug-likeness (QED) is 0.685. The van der Waals surface area contributed by atoms with Crippen LogP contribution in [0.1, 0.15) is 17.9 Å². The summed E-state index contributed by atoms with van der Waals surface area (Å²) in [6, 6.07) is 7.69. The van der Waals surface area contributed by atoms with E-state index >= 15 is 0 Å². The highest BCUT2D eigenvalue weighted by atomic mass is 16.2. The number of urea groups is 1. The number of anilines is 2. The molecule has 126 valence electrons. The summed E-state index contributed by atoms with van der Waals surface area (Å²) < 4.78 is 0. The van der Waals surface area contributed by atoms with Crippen molar-refractivity contribution in [3.63, 3.8) is 0 Å². The van der Waals surface area contributed by atoms with Gasteiger partial charge in [0.15, 0.2) is 5.82 Å². The zero-order valence-electron chi connectivity index (χ0n) is 13.6. The van der Waals surface area contributed by atoms with Crippen molar-refractivity contribution in [3.8, 4) is 0 Å². The predicted molar refractivity (Wildman–Crippen MR) is 96.6 cm³/mol. The van der Waals surface area contributed by atoms with E-state index in [4.69, 9.17) is 0 Å². The third kappa shape index (κ3) is 3.41. The molecule has 1 aromatic carbocycles. The molecule has 7 heteroatoms. The minimum absolute atomic E-state index is 0.360. The van der Waals surface area contributed by atoms with Crippen molar-refractivity contribution in [3.05, 3.63) is 54.6 Å². The molecular weight excluding hydrogens is 316 g/mol. The molecule has 3 aromatic rings. The summed E-state index contributed by atoms with van der Waals surface area (Å²) in [7, 11) is 0. The fourth-order valence-electron chi connectivity index (χ4n) is 3.10. The van der Waals surface area contributed by atoms with Gasteiger partial charge in [-0.25, -0.2) is 9.78 Å². The van der Waals surface area contributed by atoms with Gasteiger partial charge in [0.2, 0.25) is 0 Å². The van der Waals surface area contributed by atoms with Gasteiger partial charge in [0.1, 0.15) is 0 Å². The molecule has 7 nitrogen and oxygen atoms in total. The zero-order valence-corrected chi connectivity index (χ0v) is 13.6. The lowest BCUT2D eigenvalue weighted by atomic mass is 9.96. The smallest absolute Gasteiger partial charge is 0.316 e. The summed E-state index contributed by atoms with van der Waals surface area (Å²) in [5.74, 6) is 0.905. The first-order chi connectivity index (χ1) is 12.3. The van der Waals surface area contributed by atoms with E-state index in [1.165, 1.54) is 18.0 Å². The van der Waals surface area contributed by atoms with Gasteiger partial charge >= 0.3 is 6.03 Å². The minimum atomic E-state index is -0.360. The number of nitrogens with one attached hydrogen (secondary N) is 3. The molecule has 1 fully saturated rings. The summed E-state index contributed by atoms with van der Waals surface area (Å²) >= 11 is 0. The van der Waals surface area contributed by atoms with Gasteiger partial charge in [0.25, 0.3) is 0 Å². The van der Waals surface area contributed by atoms with Crippen molar-refractivity contribution < 1.29 is 4.79 Å². The lowest BCUT2D eigenvalue weighted by Crippen LogP contribution is -2.20. The van der Waals surface area contributed by atoms with Crippen molar-refractivity contribution in [2.24, 2.45) is 0 Å². The number of hydrogen-bond acceptors (Lipinski definition) is 5. The molecule has 1 atom stereocenters. The minimum Gasteiger partial charge on any atom is -0.316 e. The number of rotatable bonds is 3. The van der Waals surface area contributed by atoms with E-state index in [2.05, 4.69) is 43.0 Å². The average Bonchev–Trinajstić information content (AvgIpc) is 3.17. The normalized spacial score (nSPS) is 16.7. The van der Waals surface area contributed by atoms with Crippen LogP contribution in [0.3, 0.4) is 0 Å². The maximum absolute atomic E-state index is 12.2. The Labute approximate surface area is 144 Å². The summed E-state index contributed by atoms with van der Waals surface area (Å²) in [5.41, 5.74) is 2.84. The number of nitrogens with zero attached hydrogens (tertiary/aromatic N) is 3. The van der Waals surface area contributed by atoms with E-state index in [1.807, 2.05) is 6.07 Å². The Bertz CT molecular complexity index is 892. The molecular formula is C18H18N6O. The van der Waals surface area contributed by atoms with E-state index in [-0.39, 0.29) is 6.03 Å². The maximum atomic E-state index is 12.2. The second kappa shape index (κ2) is 6.82. The van der Waals surface area contributed by atoms with Gasteiger partial charge in [0.05, 0.1) is 17.4 Å². The average molecular weight is 334 g/mol. The van der Waals surface area contributed by atoms with Crippen LogP contribution in [0.25, 0.3) is 10.9 Å². The molecule has 3 N–H and O–H groups in total. The largest absolute Gasteiger partial charge is 0.324 e. The first-order valence-corrected chi connectivity index (χ1v) is 8.23. The molecule has 0 aliphatic carbocycles. The van der Waals surface area contributed by atoms with Gasteiger partial charge in [-0.05, 0) is 42.6 Å². The molecule has 1 saturated heterocycles. The summed E-state index contributed by atoms with van der Waals surface area (Å²) in [6.07, 6.45) is 7.40. The van der Waals surface area contributed by atoms with Crippen molar-refractivity contribution in [2.75, 3.05) is 23.7 Å². The summed E-state index contributed by atoms with van der Waals surface area (Å²) in [4.78, 5) is 24.6. The Morgan fingerprint density at radius 1 is 1.12 bits per heavy atom. The van der Waals surface area contributed by atoms with Crippen LogP contribution in [0.5, 0.6) is 0 Å². The van der Waals surface area contributed by atoms with Gasteiger partial charge in [-0.2, -0.15) is 0 Å². The van der Waals surface area contributed by atoms with Crippen molar-refractivity contribution in [2.45, 2.75) is 12.3 Å². The van der Waals surface area contributed by atoms with Gasteiger partial charge < -0.3 is 10.6 Å². The van der Waals surface area contributed by atoms with Crippen LogP contribution in [-0.2, 0) is 0 Å². The molecule has 0 spiro atoms. The molecule has 25 heavy (non-hydrogen) atoms. The third-order valence-corrected chi connectivity index (χ3v) is 4.35. The molecule has 2 aromatic heterocycles. The zero-order chi connectivity index (χ0) is 17.1. The second-order valence-corrected chi connectivity index (χ2v) is 5.99. The van der Waals surface area contributed by atoms with Crippen LogP contribution >= 0.6 is 0 Å². The van der Waals surface area contributed by atoms with Crippen molar-refractivity contribution in [1.82, 2.24) is 20.3 Å². The number of pyridine rings is 1. The second-order valence-electron chi connectivity index (χ2n) is 5.99. The molecule has 3 heterocycles. The van der Waals surface area contributed by atoms with Gasteiger partial charge in [-0.3, -0.25) is 15.3 Å². The monoisotopic (exact) mass is 334 g/mol. The molecule has 1 aliphatic heterocycles. The standard InChI is InChI=1S/C18H18N6O/c25-18(24-17-11-20-7-8-22-17)23-16-4-6-21-15-2-1-12(9-14(15)16)13-3-5-19-10-13/h1-2,4,6-9,11,13,19H,3,5,10H2,(H2,21,22,23,24,25). The Kier molecular flexibility index (Phi) is 4.22. The SMILES string of the molecule is O=C(Nc1cnccn1)Nc1ccnc2ccc(C3CCNC3)cc12. The highest BCUT2D eigenvalue weighted by molar-refractivity contribution is 6.05. The Balaban J connectivity index is 1.59. The lowest BCUT2D eigenvalue weighted by Gasteiger charge is -2.13. The fourth-order valence-corrected chi connectivity index (χ4v) is 3.10. The fraction of sp³-hybridized carbons (Fsp3) is 0.222. The van der Waals surface area contributed by atoms with Crippen LogP contribution < -0.4 is 16.0 Å². The molecule has 2 amide bonds. The van der Waals surface area contributed by atoms with Crippen LogP contribution in [0, 0.1) is 0 Å². The van der Waals surface area contributed by atoms with Crippen molar-refractivity contribution in [1.29, 1.82) is 0 Å². The van der Waals surface area contributed by atoms with E-state index in [9.17, 15) is 4.79 Å². The van der Waals surface area contributed by atoms with Crippen molar-refractivity contribution >= 4 is 28.4 Å². The van der Waals surface area contributed by atoms with E-state index in [0.29, 0.717) is 11.7 Å². The van der Waals surface area contributed by atoms with Crippen LogP contribution in [0.15, 0.2) is 49.1 Å². The van der Waals surface area contributed by atoms with E-state index < -0.39 is 0 Å². The first-order valence-electron chi connectivity index (χ1n) is 8.23. The van der Waals surface area contributed by atoms with Gasteiger partial charge in [0, 0.05) is 30.5 Å². The number of aromatic nitrogens is 3. The molecule has 4 rings (SSSR count). The van der Waals surface area contributed by atoms with E-state index in [1.54, 1.807) is 18.5 Å². The van der Waals surface area contributed by atoms with Crippen LogP contribution in [0.2, 0.25) is 0 Å². The summed E-state index contributed by atoms with van der Waals surface area (Å²) in [6.45, 7) is 2.03. The third-order valence-electron chi connectivity index (χ3n) is 4.35. The van der Waals surface area contributed by atoms with Gasteiger partial charge in [-0.15, -0.1) is 0 Å². The highest BCUT2D eigenvalue weighted by Gasteiger charge is 2.17. The number of fused-ring (bicyclic) bond motifs is 1. The number of hydrogen-bond donors (Lipinski definition) is 3. The molecule has 0 bridgehead atoms. The van der Waals surface area contributed by atoms with E-state index in [0.717, 1.165) is 36.1 Å². The molecule has 1 unspecified atom stereocenters. The molecule has 0 radical (unpaired) electrons. The Morgan fingerprint density at radius 2 is 2.08 bits per heavy atom. The predicted octanol–water partition coefficient (Wildman–Crippen LogP) is 2.75. The summed E-state index contributed by atoms with van der Waals surface area (Å²) in [5, 5.41) is 9.86. The van der Waals surface area contributed by atoms with Crippen LogP contribution in [-0.4, -0.2) is 34.1 Å². The first kappa shape index (κ1) is 15.5. The number of amides is 2. The van der Waals surface area contributed by atoms with Crippen LogP contribution in [0.4, 0.5) is 16.3 Å². The Hall–Kier alpha value is -3.06. The maximum Gasteiger partial charge on any atom is 0.324 e.